The van der Waals surface area contributed by atoms with E-state index >= 15 is 0 Å². The maximum atomic E-state index is 11.6. The van der Waals surface area contributed by atoms with Gasteiger partial charge < -0.3 is 21.1 Å². The smallest absolute Gasteiger partial charge is 0.325 e. The van der Waals surface area contributed by atoms with Gasteiger partial charge in [-0.3, -0.25) is 4.79 Å². The molecule has 2 heterocycles. The third-order valence-corrected chi connectivity index (χ3v) is 4.91. The van der Waals surface area contributed by atoms with E-state index in [4.69, 9.17) is 5.73 Å². The van der Waals surface area contributed by atoms with Gasteiger partial charge in [-0.2, -0.15) is 0 Å². The number of aliphatic carboxylic acids is 1. The lowest BCUT2D eigenvalue weighted by molar-refractivity contribution is -0.144. The summed E-state index contributed by atoms with van der Waals surface area (Å²) in [6.07, 6.45) is 5.56. The molecule has 3 atom stereocenters. The zero-order valence-corrected chi connectivity index (χ0v) is 12.6. The number of piperidine rings is 1. The fraction of sp³-hybridized carbons (Fsp3) is 0.929. The molecule has 0 aromatic heterocycles. The third-order valence-electron chi connectivity index (χ3n) is 4.91. The summed E-state index contributed by atoms with van der Waals surface area (Å²) >= 11 is 0. The fourth-order valence-corrected chi connectivity index (χ4v) is 3.66. The molecule has 0 bridgehead atoms. The van der Waals surface area contributed by atoms with Gasteiger partial charge in [0.1, 0.15) is 13.4 Å². The molecule has 0 aromatic rings. The predicted octanol–water partition coefficient (Wildman–Crippen LogP) is -0.468. The Kier molecular flexibility index (Phi) is 5.46. The molecule has 1 unspecified atom stereocenters. The molecular formula is C14H28BN3O2. The zero-order valence-electron chi connectivity index (χ0n) is 12.6. The van der Waals surface area contributed by atoms with Crippen molar-refractivity contribution in [3.8, 4) is 0 Å². The van der Waals surface area contributed by atoms with Crippen LogP contribution in [0.2, 0.25) is 6.32 Å². The average molecular weight is 281 g/mol. The summed E-state index contributed by atoms with van der Waals surface area (Å²) in [5.41, 5.74) is 5.18. The fourth-order valence-electron chi connectivity index (χ4n) is 3.66. The summed E-state index contributed by atoms with van der Waals surface area (Å²) < 4.78 is 0. The molecule has 2 aliphatic rings. The number of hydrogen-bond acceptors (Lipinski definition) is 4. The van der Waals surface area contributed by atoms with Crippen LogP contribution >= 0.6 is 0 Å². The highest BCUT2D eigenvalue weighted by atomic mass is 16.4. The van der Waals surface area contributed by atoms with Crippen molar-refractivity contribution in [1.29, 1.82) is 0 Å². The molecule has 0 radical (unpaired) electrons. The van der Waals surface area contributed by atoms with Crippen LogP contribution in [0.4, 0.5) is 0 Å². The van der Waals surface area contributed by atoms with Crippen LogP contribution in [0.25, 0.3) is 0 Å². The summed E-state index contributed by atoms with van der Waals surface area (Å²) in [7, 11) is 2.14. The number of nitrogens with two attached hydrogens (primary N) is 1. The van der Waals surface area contributed by atoms with Gasteiger partial charge in [0, 0.05) is 25.6 Å². The molecule has 114 valence electrons. The lowest BCUT2D eigenvalue weighted by Crippen LogP contribution is -2.55. The quantitative estimate of drug-likeness (QED) is 0.574. The number of nitrogens with zero attached hydrogens (tertiary/aromatic N) is 1. The molecule has 4 N–H and O–H groups in total. The minimum absolute atomic E-state index is 0.0940. The van der Waals surface area contributed by atoms with E-state index in [-0.39, 0.29) is 5.92 Å². The second kappa shape index (κ2) is 6.92. The number of carboxylic acids is 1. The zero-order chi connectivity index (χ0) is 14.6. The molecule has 6 heteroatoms. The van der Waals surface area contributed by atoms with Crippen LogP contribution in [0.1, 0.15) is 25.7 Å². The number of carbonyl (C=O) groups is 1. The van der Waals surface area contributed by atoms with Crippen LogP contribution in [0.3, 0.4) is 0 Å². The van der Waals surface area contributed by atoms with Crippen molar-refractivity contribution in [1.82, 2.24) is 10.2 Å². The van der Waals surface area contributed by atoms with Crippen molar-refractivity contribution in [2.75, 3.05) is 32.7 Å². The van der Waals surface area contributed by atoms with Gasteiger partial charge in [-0.1, -0.05) is 12.7 Å². The Bertz CT molecular complexity index is 336. The van der Waals surface area contributed by atoms with E-state index in [2.05, 4.69) is 18.1 Å². The molecule has 0 spiro atoms. The maximum absolute atomic E-state index is 11.6. The highest BCUT2D eigenvalue weighted by molar-refractivity contribution is 6.08. The average Bonchev–Trinajstić information content (AvgIpc) is 2.75. The van der Waals surface area contributed by atoms with Crippen LogP contribution in [0.15, 0.2) is 0 Å². The number of hydrogen-bond donors (Lipinski definition) is 3. The van der Waals surface area contributed by atoms with Gasteiger partial charge in [-0.15, -0.1) is 0 Å². The third kappa shape index (κ3) is 3.54. The van der Waals surface area contributed by atoms with Gasteiger partial charge in [0.15, 0.2) is 0 Å². The minimum atomic E-state index is -1.04. The molecule has 2 fully saturated rings. The summed E-state index contributed by atoms with van der Waals surface area (Å²) in [4.78, 5) is 13.9. The number of nitrogens with one attached hydrogen (secondary N) is 1. The largest absolute Gasteiger partial charge is 0.480 e. The van der Waals surface area contributed by atoms with Gasteiger partial charge in [0.2, 0.25) is 0 Å². The topological polar surface area (TPSA) is 78.6 Å². The Labute approximate surface area is 122 Å². The SMILES string of the molecule is BCCC[C@H]1CN(CC2CCCNC2)C[C@@]1(N)C(=O)O. The normalized spacial score (nSPS) is 35.2. The Morgan fingerprint density at radius 1 is 1.55 bits per heavy atom. The van der Waals surface area contributed by atoms with Gasteiger partial charge in [0.25, 0.3) is 0 Å². The highest BCUT2D eigenvalue weighted by Gasteiger charge is 2.49. The summed E-state index contributed by atoms with van der Waals surface area (Å²) in [5, 5.41) is 12.9. The lowest BCUT2D eigenvalue weighted by atomic mass is 9.83. The van der Waals surface area contributed by atoms with E-state index < -0.39 is 11.5 Å². The Balaban J connectivity index is 1.94. The van der Waals surface area contributed by atoms with E-state index in [9.17, 15) is 9.90 Å². The van der Waals surface area contributed by atoms with Crippen molar-refractivity contribution < 1.29 is 9.90 Å². The monoisotopic (exact) mass is 281 g/mol. The lowest BCUT2D eigenvalue weighted by Gasteiger charge is -2.28. The first-order valence-electron chi connectivity index (χ1n) is 8.01. The number of rotatable bonds is 6. The van der Waals surface area contributed by atoms with Gasteiger partial charge in [-0.25, -0.2) is 0 Å². The molecule has 2 saturated heterocycles. The second-order valence-corrected chi connectivity index (χ2v) is 6.59. The van der Waals surface area contributed by atoms with Crippen LogP contribution < -0.4 is 11.1 Å². The molecule has 5 nitrogen and oxygen atoms in total. The van der Waals surface area contributed by atoms with Crippen LogP contribution in [0.5, 0.6) is 0 Å². The number of likely N-dealkylation sites (tertiary alicyclic amines) is 1. The van der Waals surface area contributed by atoms with Crippen LogP contribution in [-0.4, -0.2) is 62.1 Å². The Hall–Kier alpha value is -0.585. The molecule has 0 aromatic carbocycles. The van der Waals surface area contributed by atoms with E-state index in [0.717, 1.165) is 45.3 Å². The minimum Gasteiger partial charge on any atom is -0.480 e. The van der Waals surface area contributed by atoms with E-state index in [1.54, 1.807) is 0 Å². The van der Waals surface area contributed by atoms with E-state index in [1.807, 2.05) is 0 Å². The first-order valence-corrected chi connectivity index (χ1v) is 8.01. The number of carboxylic acid groups (broad SMARTS) is 1. The van der Waals surface area contributed by atoms with Crippen molar-refractivity contribution >= 4 is 13.8 Å². The van der Waals surface area contributed by atoms with Crippen LogP contribution in [-0.2, 0) is 4.79 Å². The molecule has 0 amide bonds. The summed E-state index contributed by atoms with van der Waals surface area (Å²) in [5.74, 6) is -0.0916. The Morgan fingerprint density at radius 2 is 2.35 bits per heavy atom. The molecule has 2 aliphatic heterocycles. The first kappa shape index (κ1) is 15.8. The van der Waals surface area contributed by atoms with Crippen molar-refractivity contribution in [3.63, 3.8) is 0 Å². The van der Waals surface area contributed by atoms with Gasteiger partial charge in [-0.05, 0) is 38.3 Å². The molecule has 2 rings (SSSR count). The second-order valence-electron chi connectivity index (χ2n) is 6.59. The first-order chi connectivity index (χ1) is 9.56. The highest BCUT2D eigenvalue weighted by Crippen LogP contribution is 2.31. The van der Waals surface area contributed by atoms with Crippen molar-refractivity contribution in [2.24, 2.45) is 17.6 Å². The molecule has 0 aliphatic carbocycles. The van der Waals surface area contributed by atoms with Gasteiger partial charge >= 0.3 is 5.97 Å². The van der Waals surface area contributed by atoms with Gasteiger partial charge in [0.05, 0.1) is 0 Å². The predicted molar refractivity (Wildman–Crippen MR) is 82.7 cm³/mol. The van der Waals surface area contributed by atoms with Crippen LogP contribution in [0, 0.1) is 11.8 Å². The Morgan fingerprint density at radius 3 is 2.95 bits per heavy atom. The molecule has 0 saturated carbocycles. The van der Waals surface area contributed by atoms with Crippen molar-refractivity contribution in [2.45, 2.75) is 37.5 Å². The molecule has 20 heavy (non-hydrogen) atoms. The van der Waals surface area contributed by atoms with E-state index in [0.29, 0.717) is 12.5 Å². The molecular weight excluding hydrogens is 253 g/mol. The maximum Gasteiger partial charge on any atom is 0.325 e. The summed E-state index contributed by atoms with van der Waals surface area (Å²) in [6, 6.07) is 0. The van der Waals surface area contributed by atoms with Crippen molar-refractivity contribution in [3.05, 3.63) is 0 Å². The van der Waals surface area contributed by atoms with E-state index in [1.165, 1.54) is 12.8 Å². The standard InChI is InChI=1S/C14H28BN3O2/c15-5-1-4-12-9-18(10-14(12,16)13(19)20)8-11-3-2-6-17-7-11/h11-12,17H,1-10,15-16H2,(H,19,20)/t11?,12-,14-/m0/s1. The summed E-state index contributed by atoms with van der Waals surface area (Å²) in [6.45, 7) is 4.51.